The van der Waals surface area contributed by atoms with Crippen LogP contribution in [-0.4, -0.2) is 69.7 Å². The van der Waals surface area contributed by atoms with Gasteiger partial charge in [-0.1, -0.05) is 26.5 Å². The Hall–Kier alpha value is -3.59. The van der Waals surface area contributed by atoms with Gasteiger partial charge in [-0.05, 0) is 49.6 Å². The second-order valence-corrected chi connectivity index (χ2v) is 8.03. The minimum absolute atomic E-state index is 0. The van der Waals surface area contributed by atoms with Gasteiger partial charge in [0, 0.05) is 37.4 Å². The molecule has 2 N–H and O–H groups in total. The number of carbonyl (C=O) groups excluding carboxylic acids is 2. The first kappa shape index (κ1) is 28.6. The molecule has 0 aromatic heterocycles. The predicted octanol–water partition coefficient (Wildman–Crippen LogP) is 3.83. The van der Waals surface area contributed by atoms with E-state index < -0.39 is 0 Å². The number of urea groups is 1. The van der Waals surface area contributed by atoms with E-state index >= 15 is 0 Å². The molecule has 0 saturated heterocycles. The topological polar surface area (TPSA) is 101 Å². The summed E-state index contributed by atoms with van der Waals surface area (Å²) in [5.41, 5.74) is 3.78. The molecule has 1 heterocycles. The molecule has 36 heavy (non-hydrogen) atoms. The van der Waals surface area contributed by atoms with Crippen LogP contribution < -0.4 is 20.1 Å². The van der Waals surface area contributed by atoms with Crippen molar-refractivity contribution in [2.24, 2.45) is 5.10 Å². The van der Waals surface area contributed by atoms with Crippen LogP contribution >= 0.6 is 0 Å². The monoisotopic (exact) mass is 498 g/mol. The third-order valence-corrected chi connectivity index (χ3v) is 5.86. The Morgan fingerprint density at radius 2 is 1.83 bits per heavy atom. The zero-order valence-corrected chi connectivity index (χ0v) is 21.0. The molecular weight excluding hydrogens is 460 g/mol. The van der Waals surface area contributed by atoms with Gasteiger partial charge >= 0.3 is 6.03 Å². The number of hydrogen-bond donors (Lipinski definition) is 2. The molecule has 1 aliphatic rings. The second kappa shape index (κ2) is 13.5. The first-order chi connectivity index (χ1) is 17.0. The highest BCUT2D eigenvalue weighted by molar-refractivity contribution is 6.15. The van der Waals surface area contributed by atoms with E-state index in [4.69, 9.17) is 19.3 Å². The number of methoxy groups -OCH3 is 2. The minimum Gasteiger partial charge on any atom is -0.493 e. The molecule has 0 aliphatic carbocycles. The smallest absolute Gasteiger partial charge is 0.337 e. The zero-order valence-electron chi connectivity index (χ0n) is 21.0. The number of hydrogen-bond acceptors (Lipinski definition) is 6. The summed E-state index contributed by atoms with van der Waals surface area (Å²) < 4.78 is 16.4. The van der Waals surface area contributed by atoms with Gasteiger partial charge in [-0.2, -0.15) is 5.10 Å². The Bertz CT molecular complexity index is 1070. The molecule has 9 nitrogen and oxygen atoms in total. The lowest BCUT2D eigenvalue weighted by Gasteiger charge is -2.25. The Morgan fingerprint density at radius 1 is 1.11 bits per heavy atom. The normalized spacial score (nSPS) is 14.5. The molecule has 0 spiro atoms. The van der Waals surface area contributed by atoms with Crippen molar-refractivity contribution < 1.29 is 23.8 Å². The molecule has 9 heteroatoms. The van der Waals surface area contributed by atoms with Crippen LogP contribution in [0.25, 0.3) is 0 Å². The first-order valence-electron chi connectivity index (χ1n) is 11.8. The number of benzene rings is 2. The summed E-state index contributed by atoms with van der Waals surface area (Å²) in [6.45, 7) is 5.30. The van der Waals surface area contributed by atoms with Crippen molar-refractivity contribution in [1.29, 1.82) is 0 Å². The standard InChI is InChI=1S/C26H34N4O5.CH4/c1-6-20-14-19-15-22(34-5)23(35-7-2)16-21(19)24(29-30(20)26(32)27-3)17-8-10-18(11-9-17)25(31)28-12-13-33-4;/h8-11,15-16,20H,6-7,12-14H2,1-5H3,(H,27,32)(H,28,31);1H4. The largest absolute Gasteiger partial charge is 0.493 e. The van der Waals surface area contributed by atoms with Gasteiger partial charge in [-0.3, -0.25) is 4.79 Å². The summed E-state index contributed by atoms with van der Waals surface area (Å²) in [7, 11) is 4.79. The van der Waals surface area contributed by atoms with Gasteiger partial charge in [0.15, 0.2) is 11.5 Å². The van der Waals surface area contributed by atoms with Crippen LogP contribution in [0.2, 0.25) is 0 Å². The molecule has 0 bridgehead atoms. The number of rotatable bonds is 9. The van der Waals surface area contributed by atoms with Crippen LogP contribution in [0.3, 0.4) is 0 Å². The molecule has 3 amide bonds. The lowest BCUT2D eigenvalue weighted by molar-refractivity contribution is 0.0937. The van der Waals surface area contributed by atoms with Crippen LogP contribution in [0.15, 0.2) is 41.5 Å². The van der Waals surface area contributed by atoms with E-state index in [2.05, 4.69) is 10.6 Å². The van der Waals surface area contributed by atoms with Gasteiger partial charge in [-0.25, -0.2) is 9.80 Å². The van der Waals surface area contributed by atoms with Gasteiger partial charge < -0.3 is 24.8 Å². The van der Waals surface area contributed by atoms with Crippen molar-refractivity contribution in [3.05, 3.63) is 58.7 Å². The predicted molar refractivity (Wildman–Crippen MR) is 141 cm³/mol. The van der Waals surface area contributed by atoms with Crippen molar-refractivity contribution >= 4 is 17.6 Å². The molecule has 2 aromatic rings. The average Bonchev–Trinajstić information content (AvgIpc) is 3.04. The zero-order chi connectivity index (χ0) is 25.4. The van der Waals surface area contributed by atoms with Crippen molar-refractivity contribution in [2.45, 2.75) is 40.2 Å². The second-order valence-electron chi connectivity index (χ2n) is 8.03. The van der Waals surface area contributed by atoms with E-state index in [9.17, 15) is 9.59 Å². The van der Waals surface area contributed by atoms with E-state index in [1.54, 1.807) is 33.4 Å². The molecule has 196 valence electrons. The third-order valence-electron chi connectivity index (χ3n) is 5.86. The number of hydrazone groups is 1. The van der Waals surface area contributed by atoms with Crippen molar-refractivity contribution in [1.82, 2.24) is 15.6 Å². The van der Waals surface area contributed by atoms with Crippen molar-refractivity contribution in [2.75, 3.05) is 41.0 Å². The minimum atomic E-state index is -0.284. The van der Waals surface area contributed by atoms with Gasteiger partial charge in [0.25, 0.3) is 5.91 Å². The fourth-order valence-corrected chi connectivity index (χ4v) is 4.01. The summed E-state index contributed by atoms with van der Waals surface area (Å²) in [6.07, 6.45) is 1.33. The van der Waals surface area contributed by atoms with E-state index in [0.29, 0.717) is 49.0 Å². The highest BCUT2D eigenvalue weighted by Gasteiger charge is 2.30. The number of nitrogens with one attached hydrogen (secondary N) is 2. The Kier molecular flexibility index (Phi) is 10.7. The maximum atomic E-state index is 12.8. The van der Waals surface area contributed by atoms with E-state index in [1.807, 2.05) is 38.1 Å². The molecule has 3 rings (SSSR count). The molecule has 0 radical (unpaired) electrons. The van der Waals surface area contributed by atoms with Crippen molar-refractivity contribution in [3.8, 4) is 11.5 Å². The Balaban J connectivity index is 0.00000456. The average molecular weight is 499 g/mol. The quantitative estimate of drug-likeness (QED) is 0.512. The highest BCUT2D eigenvalue weighted by Crippen LogP contribution is 2.35. The molecule has 0 saturated carbocycles. The Morgan fingerprint density at radius 3 is 2.42 bits per heavy atom. The summed E-state index contributed by atoms with van der Waals surface area (Å²) in [5, 5.41) is 11.8. The molecule has 2 aromatic carbocycles. The summed E-state index contributed by atoms with van der Waals surface area (Å²) in [4.78, 5) is 25.2. The first-order valence-corrected chi connectivity index (χ1v) is 11.8. The van der Waals surface area contributed by atoms with Crippen LogP contribution in [0.4, 0.5) is 4.79 Å². The molecule has 1 unspecified atom stereocenters. The number of ether oxygens (including phenoxy) is 3. The van der Waals surface area contributed by atoms with Gasteiger partial charge in [0.05, 0.1) is 32.1 Å². The fourth-order valence-electron chi connectivity index (χ4n) is 4.01. The number of carbonyl (C=O) groups is 2. The number of amides is 3. The molecule has 0 fully saturated rings. The van der Waals surface area contributed by atoms with E-state index in [-0.39, 0.29) is 25.4 Å². The van der Waals surface area contributed by atoms with Crippen LogP contribution in [-0.2, 0) is 11.2 Å². The molecule has 1 aliphatic heterocycles. The van der Waals surface area contributed by atoms with Crippen LogP contribution in [0.1, 0.15) is 54.7 Å². The third kappa shape index (κ3) is 6.34. The summed E-state index contributed by atoms with van der Waals surface area (Å²) in [6, 6.07) is 10.6. The van der Waals surface area contributed by atoms with Gasteiger partial charge in [0.2, 0.25) is 0 Å². The lowest BCUT2D eigenvalue weighted by Crippen LogP contribution is -2.42. The van der Waals surface area contributed by atoms with Gasteiger partial charge in [0.1, 0.15) is 0 Å². The summed E-state index contributed by atoms with van der Waals surface area (Å²) in [5.74, 6) is 1.06. The van der Waals surface area contributed by atoms with Gasteiger partial charge in [-0.15, -0.1) is 0 Å². The highest BCUT2D eigenvalue weighted by atomic mass is 16.5. The number of nitrogens with zero attached hydrogens (tertiary/aromatic N) is 2. The molecular formula is C27H38N4O5. The Labute approximate surface area is 213 Å². The fraction of sp³-hybridized carbons (Fsp3) is 0.444. The summed E-state index contributed by atoms with van der Waals surface area (Å²) >= 11 is 0. The maximum absolute atomic E-state index is 12.8. The lowest BCUT2D eigenvalue weighted by atomic mass is 9.93. The SMILES string of the molecule is C.CCOc1cc2c(cc1OC)CC(CC)N(C(=O)NC)N=C2c1ccc(C(=O)NCCOC)cc1. The number of fused-ring (bicyclic) bond motifs is 1. The molecule has 1 atom stereocenters. The van der Waals surface area contributed by atoms with Crippen LogP contribution in [0.5, 0.6) is 11.5 Å². The van der Waals surface area contributed by atoms with E-state index in [0.717, 1.165) is 23.1 Å². The van der Waals surface area contributed by atoms with E-state index in [1.165, 1.54) is 5.01 Å². The maximum Gasteiger partial charge on any atom is 0.337 e. The van der Waals surface area contributed by atoms with Crippen molar-refractivity contribution in [3.63, 3.8) is 0 Å². The van der Waals surface area contributed by atoms with Crippen LogP contribution in [0, 0.1) is 0 Å².